The van der Waals surface area contributed by atoms with Gasteiger partial charge in [-0.15, -0.1) is 0 Å². The fourth-order valence-corrected chi connectivity index (χ4v) is 3.97. The zero-order valence-electron chi connectivity index (χ0n) is 20.0. The van der Waals surface area contributed by atoms with Crippen molar-refractivity contribution in [1.29, 1.82) is 0 Å². The van der Waals surface area contributed by atoms with Crippen molar-refractivity contribution in [3.8, 4) is 0 Å². The van der Waals surface area contributed by atoms with Crippen LogP contribution in [0.4, 0.5) is 5.69 Å². The first-order valence-electron chi connectivity index (χ1n) is 11.0. The number of rotatable bonds is 7. The number of anilines is 1. The monoisotopic (exact) mass is 401 g/mol. The highest BCUT2D eigenvalue weighted by Gasteiger charge is 2.29. The molecule has 0 saturated heterocycles. The SMILES string of the molecule is C=C(/C=C(C)/C=C/C=C(C)/C=C/C1=C(C)C(C)CCC1(C)C)Nc1cccc(C)c1. The van der Waals surface area contributed by atoms with Crippen molar-refractivity contribution in [2.75, 3.05) is 5.32 Å². The maximum Gasteiger partial charge on any atom is 0.0386 e. The minimum absolute atomic E-state index is 0.271. The highest BCUT2D eigenvalue weighted by Crippen LogP contribution is 2.43. The molecule has 0 radical (unpaired) electrons. The van der Waals surface area contributed by atoms with Crippen LogP contribution in [0.2, 0.25) is 0 Å². The van der Waals surface area contributed by atoms with Gasteiger partial charge < -0.3 is 5.32 Å². The van der Waals surface area contributed by atoms with Gasteiger partial charge in [0.1, 0.15) is 0 Å². The second-order valence-electron chi connectivity index (χ2n) is 9.43. The van der Waals surface area contributed by atoms with Crippen molar-refractivity contribution in [2.45, 2.75) is 61.3 Å². The molecule has 1 aliphatic rings. The minimum Gasteiger partial charge on any atom is -0.356 e. The summed E-state index contributed by atoms with van der Waals surface area (Å²) in [5, 5.41) is 3.35. The Bertz CT molecular complexity index is 915. The maximum absolute atomic E-state index is 4.12. The fraction of sp³-hybridized carbons (Fsp3) is 0.379. The lowest BCUT2D eigenvalue weighted by Crippen LogP contribution is -2.23. The third kappa shape index (κ3) is 7.06. The lowest BCUT2D eigenvalue weighted by molar-refractivity contribution is 0.339. The van der Waals surface area contributed by atoms with Crippen molar-refractivity contribution >= 4 is 5.69 Å². The van der Waals surface area contributed by atoms with Crippen LogP contribution < -0.4 is 5.32 Å². The van der Waals surface area contributed by atoms with E-state index in [1.807, 2.05) is 0 Å². The van der Waals surface area contributed by atoms with E-state index in [4.69, 9.17) is 0 Å². The van der Waals surface area contributed by atoms with Gasteiger partial charge in [0, 0.05) is 11.4 Å². The van der Waals surface area contributed by atoms with Crippen LogP contribution in [0.15, 0.2) is 95.3 Å². The highest BCUT2D eigenvalue weighted by atomic mass is 14.9. The molecule has 1 heteroatoms. The largest absolute Gasteiger partial charge is 0.356 e. The summed E-state index contributed by atoms with van der Waals surface area (Å²) in [5.74, 6) is 0.691. The van der Waals surface area contributed by atoms with Crippen LogP contribution >= 0.6 is 0 Å². The summed E-state index contributed by atoms with van der Waals surface area (Å²) in [4.78, 5) is 0. The Kier molecular flexibility index (Phi) is 8.29. The van der Waals surface area contributed by atoms with Crippen molar-refractivity contribution in [3.63, 3.8) is 0 Å². The number of benzene rings is 1. The number of nitrogens with one attached hydrogen (secondary N) is 1. The molecule has 0 amide bonds. The van der Waals surface area contributed by atoms with Crippen LogP contribution in [0.3, 0.4) is 0 Å². The molecule has 0 bridgehead atoms. The molecule has 0 aromatic heterocycles. The van der Waals surface area contributed by atoms with Crippen LogP contribution in [0.25, 0.3) is 0 Å². The van der Waals surface area contributed by atoms with Gasteiger partial charge in [0.2, 0.25) is 0 Å². The molecule has 1 N–H and O–H groups in total. The molecular weight excluding hydrogens is 362 g/mol. The van der Waals surface area contributed by atoms with Gasteiger partial charge in [-0.25, -0.2) is 0 Å². The Morgan fingerprint density at radius 2 is 1.87 bits per heavy atom. The Labute approximate surface area is 184 Å². The highest BCUT2D eigenvalue weighted by molar-refractivity contribution is 5.52. The van der Waals surface area contributed by atoms with Gasteiger partial charge in [-0.1, -0.05) is 81.0 Å². The van der Waals surface area contributed by atoms with E-state index in [1.54, 1.807) is 5.57 Å². The molecule has 1 aromatic carbocycles. The number of hydrogen-bond donors (Lipinski definition) is 1. The summed E-state index contributed by atoms with van der Waals surface area (Å²) < 4.78 is 0. The number of aryl methyl sites for hydroxylation is 1. The van der Waals surface area contributed by atoms with Gasteiger partial charge >= 0.3 is 0 Å². The van der Waals surface area contributed by atoms with Crippen molar-refractivity contribution in [2.24, 2.45) is 11.3 Å². The molecule has 1 nitrogen and oxygen atoms in total. The minimum atomic E-state index is 0.271. The van der Waals surface area contributed by atoms with Crippen LogP contribution in [0.5, 0.6) is 0 Å². The molecule has 1 unspecified atom stereocenters. The van der Waals surface area contributed by atoms with Gasteiger partial charge in [-0.2, -0.15) is 0 Å². The normalized spacial score (nSPS) is 20.3. The fourth-order valence-electron chi connectivity index (χ4n) is 3.97. The molecule has 0 aliphatic heterocycles. The van der Waals surface area contributed by atoms with E-state index in [-0.39, 0.29) is 5.41 Å². The molecule has 0 spiro atoms. The van der Waals surface area contributed by atoms with Gasteiger partial charge in [0.15, 0.2) is 0 Å². The predicted molar refractivity (Wildman–Crippen MR) is 135 cm³/mol. The quantitative estimate of drug-likeness (QED) is 0.450. The first-order chi connectivity index (χ1) is 14.1. The summed E-state index contributed by atoms with van der Waals surface area (Å²) in [7, 11) is 0. The standard InChI is InChI=1S/C29H39N/c1-21(15-16-28-26(6)24(4)17-18-29(28,7)8)11-9-12-22(2)19-25(5)30-27-14-10-13-23(3)20-27/h9-16,19-20,24,30H,5,17-18H2,1-4,6-8H3/b12-9+,16-15+,21-11+,22-19+. The van der Waals surface area contributed by atoms with E-state index in [0.29, 0.717) is 5.92 Å². The molecule has 2 rings (SSSR count). The molecule has 30 heavy (non-hydrogen) atoms. The van der Waals surface area contributed by atoms with E-state index in [0.717, 1.165) is 17.0 Å². The Morgan fingerprint density at radius 3 is 2.57 bits per heavy atom. The lowest BCUT2D eigenvalue weighted by Gasteiger charge is -2.36. The summed E-state index contributed by atoms with van der Waals surface area (Å²) >= 11 is 0. The second kappa shape index (κ2) is 10.5. The Balaban J connectivity index is 2.00. The zero-order valence-corrected chi connectivity index (χ0v) is 20.0. The Morgan fingerprint density at radius 1 is 1.13 bits per heavy atom. The number of allylic oxidation sites excluding steroid dienone is 10. The summed E-state index contributed by atoms with van der Waals surface area (Å²) in [6.45, 7) is 19.9. The average Bonchev–Trinajstić information content (AvgIpc) is 2.64. The van der Waals surface area contributed by atoms with E-state index in [1.165, 1.54) is 29.6 Å². The van der Waals surface area contributed by atoms with E-state index in [9.17, 15) is 0 Å². The molecule has 1 aromatic rings. The van der Waals surface area contributed by atoms with Gasteiger partial charge in [-0.3, -0.25) is 0 Å². The van der Waals surface area contributed by atoms with E-state index < -0.39 is 0 Å². The Hall–Kier alpha value is -2.54. The first-order valence-corrected chi connectivity index (χ1v) is 11.0. The zero-order chi connectivity index (χ0) is 22.3. The van der Waals surface area contributed by atoms with Crippen LogP contribution in [-0.4, -0.2) is 0 Å². The third-order valence-electron chi connectivity index (χ3n) is 6.05. The van der Waals surface area contributed by atoms with Crippen molar-refractivity contribution in [1.82, 2.24) is 0 Å². The summed E-state index contributed by atoms with van der Waals surface area (Å²) in [5.41, 5.74) is 8.93. The lowest BCUT2D eigenvalue weighted by atomic mass is 9.69. The predicted octanol–water partition coefficient (Wildman–Crippen LogP) is 8.70. The average molecular weight is 402 g/mol. The van der Waals surface area contributed by atoms with Crippen LogP contribution in [0, 0.1) is 18.3 Å². The maximum atomic E-state index is 4.12. The molecule has 160 valence electrons. The molecular formula is C29H39N. The topological polar surface area (TPSA) is 12.0 Å². The van der Waals surface area contributed by atoms with Crippen LogP contribution in [-0.2, 0) is 0 Å². The van der Waals surface area contributed by atoms with Crippen LogP contribution in [0.1, 0.15) is 59.9 Å². The van der Waals surface area contributed by atoms with Crippen molar-refractivity contribution in [3.05, 3.63) is 101 Å². The van der Waals surface area contributed by atoms with Gasteiger partial charge in [-0.05, 0) is 86.8 Å². The molecule has 0 fully saturated rings. The molecule has 0 saturated carbocycles. The second-order valence-corrected chi connectivity index (χ2v) is 9.43. The van der Waals surface area contributed by atoms with E-state index in [2.05, 4.69) is 121 Å². The summed E-state index contributed by atoms with van der Waals surface area (Å²) in [6, 6.07) is 8.32. The first kappa shape index (κ1) is 23.7. The molecule has 1 atom stereocenters. The third-order valence-corrected chi connectivity index (χ3v) is 6.05. The van der Waals surface area contributed by atoms with Gasteiger partial charge in [0.25, 0.3) is 0 Å². The van der Waals surface area contributed by atoms with Crippen molar-refractivity contribution < 1.29 is 0 Å². The molecule has 0 heterocycles. The van der Waals surface area contributed by atoms with E-state index >= 15 is 0 Å². The molecule has 1 aliphatic carbocycles. The summed E-state index contributed by atoms with van der Waals surface area (Å²) in [6.07, 6.45) is 15.6. The van der Waals surface area contributed by atoms with Gasteiger partial charge in [0.05, 0.1) is 0 Å². The smallest absolute Gasteiger partial charge is 0.0386 e. The number of hydrogen-bond acceptors (Lipinski definition) is 1.